The number of thioether (sulfide) groups is 1. The molecule has 0 aliphatic rings. The van der Waals surface area contributed by atoms with Crippen molar-refractivity contribution < 1.29 is 14.1 Å². The molecule has 1 heterocycles. The summed E-state index contributed by atoms with van der Waals surface area (Å²) in [6, 6.07) is 6.10. The molecule has 0 spiro atoms. The van der Waals surface area contributed by atoms with Crippen molar-refractivity contribution in [2.24, 2.45) is 0 Å². The average molecular weight is 279 g/mol. The van der Waals surface area contributed by atoms with Crippen LogP contribution >= 0.6 is 11.8 Å². The second-order valence-corrected chi connectivity index (χ2v) is 4.56. The van der Waals surface area contributed by atoms with E-state index in [9.17, 15) is 14.9 Å². The maximum atomic E-state index is 10.9. The Balaban J connectivity index is 2.28. The summed E-state index contributed by atoms with van der Waals surface area (Å²) < 4.78 is 5.30. The van der Waals surface area contributed by atoms with E-state index in [1.165, 1.54) is 19.1 Å². The third kappa shape index (κ3) is 3.16. The molecular formula is C11H9N3O4S. The Morgan fingerprint density at radius 3 is 2.84 bits per heavy atom. The Hall–Kier alpha value is -2.22. The molecule has 0 unspecified atom stereocenters. The molecule has 7 nitrogen and oxygen atoms in total. The van der Waals surface area contributed by atoms with Crippen LogP contribution in [0, 0.1) is 10.1 Å². The van der Waals surface area contributed by atoms with Gasteiger partial charge in [0.2, 0.25) is 0 Å². The fraction of sp³-hybridized carbons (Fsp3) is 0.182. The van der Waals surface area contributed by atoms with E-state index in [0.717, 1.165) is 11.8 Å². The summed E-state index contributed by atoms with van der Waals surface area (Å²) in [5.74, 6) is 0.271. The number of benzene rings is 1. The molecule has 0 bridgehead atoms. The van der Waals surface area contributed by atoms with Crippen molar-refractivity contribution in [1.82, 2.24) is 10.2 Å². The van der Waals surface area contributed by atoms with Crippen LogP contribution in [0.4, 0.5) is 5.69 Å². The van der Waals surface area contributed by atoms with Gasteiger partial charge in [-0.05, 0) is 13.0 Å². The minimum atomic E-state index is -0.512. The van der Waals surface area contributed by atoms with E-state index in [4.69, 9.17) is 4.42 Å². The Labute approximate surface area is 112 Å². The molecule has 2 aromatic rings. The first-order valence-electron chi connectivity index (χ1n) is 5.27. The largest absolute Gasteiger partial charge is 0.411 e. The molecular weight excluding hydrogens is 270 g/mol. The fourth-order valence-corrected chi connectivity index (χ4v) is 1.92. The molecule has 0 fully saturated rings. The van der Waals surface area contributed by atoms with E-state index < -0.39 is 4.92 Å². The van der Waals surface area contributed by atoms with Crippen LogP contribution in [0.15, 0.2) is 33.9 Å². The van der Waals surface area contributed by atoms with Gasteiger partial charge in [0.15, 0.2) is 0 Å². The summed E-state index contributed by atoms with van der Waals surface area (Å²) in [6.45, 7) is 1.45. The van der Waals surface area contributed by atoms with E-state index in [2.05, 4.69) is 10.2 Å². The second-order valence-electron chi connectivity index (χ2n) is 3.64. The van der Waals surface area contributed by atoms with Crippen LogP contribution in [-0.4, -0.2) is 26.7 Å². The molecule has 98 valence electrons. The summed E-state index contributed by atoms with van der Waals surface area (Å²) in [5.41, 5.74) is 0.156. The van der Waals surface area contributed by atoms with Crippen molar-refractivity contribution in [3.63, 3.8) is 0 Å². The number of Topliss-reactive ketones (excluding diaryl/α,β-unsaturated/α-hetero) is 1. The number of nitrogens with zero attached hydrogens (tertiary/aromatic N) is 3. The molecule has 19 heavy (non-hydrogen) atoms. The van der Waals surface area contributed by atoms with Crippen LogP contribution in [0.1, 0.15) is 6.92 Å². The number of nitro benzene ring substituents is 1. The van der Waals surface area contributed by atoms with Crippen molar-refractivity contribution >= 4 is 23.2 Å². The van der Waals surface area contributed by atoms with E-state index in [-0.39, 0.29) is 33.9 Å². The molecule has 1 aromatic heterocycles. The molecule has 0 aliphatic heterocycles. The summed E-state index contributed by atoms with van der Waals surface area (Å²) in [5, 5.41) is 18.6. The molecule has 0 radical (unpaired) electrons. The summed E-state index contributed by atoms with van der Waals surface area (Å²) in [6.07, 6.45) is 0. The SMILES string of the molecule is CC(=O)CSc1nnc(-c2ccccc2[N+](=O)[O-])o1. The van der Waals surface area contributed by atoms with Crippen LogP contribution in [0.3, 0.4) is 0 Å². The number of para-hydroxylation sites is 1. The van der Waals surface area contributed by atoms with Crippen molar-refractivity contribution in [3.8, 4) is 11.5 Å². The first-order chi connectivity index (χ1) is 9.08. The number of aromatic nitrogens is 2. The second kappa shape index (κ2) is 5.61. The Morgan fingerprint density at radius 2 is 2.16 bits per heavy atom. The van der Waals surface area contributed by atoms with Crippen molar-refractivity contribution in [2.45, 2.75) is 12.1 Å². The summed E-state index contributed by atoms with van der Waals surface area (Å²) >= 11 is 1.10. The third-order valence-electron chi connectivity index (χ3n) is 2.14. The van der Waals surface area contributed by atoms with E-state index in [1.807, 2.05) is 0 Å². The zero-order valence-electron chi connectivity index (χ0n) is 9.90. The highest BCUT2D eigenvalue weighted by molar-refractivity contribution is 7.99. The van der Waals surface area contributed by atoms with E-state index >= 15 is 0 Å². The zero-order chi connectivity index (χ0) is 13.8. The highest BCUT2D eigenvalue weighted by atomic mass is 32.2. The number of carbonyl (C=O) groups is 1. The van der Waals surface area contributed by atoms with Gasteiger partial charge in [0, 0.05) is 6.07 Å². The van der Waals surface area contributed by atoms with Crippen molar-refractivity contribution in [1.29, 1.82) is 0 Å². The predicted molar refractivity (Wildman–Crippen MR) is 67.8 cm³/mol. The highest BCUT2D eigenvalue weighted by Gasteiger charge is 2.19. The molecule has 2 rings (SSSR count). The highest BCUT2D eigenvalue weighted by Crippen LogP contribution is 2.30. The lowest BCUT2D eigenvalue weighted by Gasteiger charge is -1.96. The van der Waals surface area contributed by atoms with Crippen LogP contribution in [-0.2, 0) is 4.79 Å². The minimum absolute atomic E-state index is 0.0181. The lowest BCUT2D eigenvalue weighted by atomic mass is 10.2. The molecule has 8 heteroatoms. The van der Waals surface area contributed by atoms with Crippen LogP contribution in [0.5, 0.6) is 0 Å². The van der Waals surface area contributed by atoms with Gasteiger partial charge in [-0.3, -0.25) is 14.9 Å². The predicted octanol–water partition coefficient (Wildman–Crippen LogP) is 2.33. The fourth-order valence-electron chi connectivity index (χ4n) is 1.35. The Bertz CT molecular complexity index is 626. The van der Waals surface area contributed by atoms with Gasteiger partial charge >= 0.3 is 0 Å². The average Bonchev–Trinajstić information content (AvgIpc) is 2.85. The molecule has 0 saturated carbocycles. The van der Waals surface area contributed by atoms with E-state index in [1.54, 1.807) is 12.1 Å². The van der Waals surface area contributed by atoms with Gasteiger partial charge in [0.1, 0.15) is 11.3 Å². The Morgan fingerprint density at radius 1 is 1.42 bits per heavy atom. The van der Waals surface area contributed by atoms with Gasteiger partial charge in [-0.25, -0.2) is 0 Å². The number of rotatable bonds is 5. The number of nitro groups is 1. The van der Waals surface area contributed by atoms with Gasteiger partial charge in [-0.15, -0.1) is 10.2 Å². The smallest absolute Gasteiger partial charge is 0.282 e. The lowest BCUT2D eigenvalue weighted by molar-refractivity contribution is -0.384. The van der Waals surface area contributed by atoms with Gasteiger partial charge in [-0.2, -0.15) is 0 Å². The minimum Gasteiger partial charge on any atom is -0.411 e. The normalized spacial score (nSPS) is 10.4. The van der Waals surface area contributed by atoms with Gasteiger partial charge in [-0.1, -0.05) is 23.9 Å². The van der Waals surface area contributed by atoms with Crippen LogP contribution < -0.4 is 0 Å². The monoisotopic (exact) mass is 279 g/mol. The summed E-state index contributed by atoms with van der Waals surface area (Å²) in [4.78, 5) is 21.2. The van der Waals surface area contributed by atoms with E-state index in [0.29, 0.717) is 0 Å². The maximum Gasteiger partial charge on any atom is 0.282 e. The molecule has 0 amide bonds. The van der Waals surface area contributed by atoms with Crippen LogP contribution in [0.2, 0.25) is 0 Å². The topological polar surface area (TPSA) is 99.1 Å². The molecule has 0 aliphatic carbocycles. The van der Waals surface area contributed by atoms with Gasteiger partial charge in [0.05, 0.1) is 10.7 Å². The molecule has 0 atom stereocenters. The Kier molecular flexibility index (Phi) is 3.91. The van der Waals surface area contributed by atoms with Crippen molar-refractivity contribution in [3.05, 3.63) is 34.4 Å². The molecule has 1 aromatic carbocycles. The lowest BCUT2D eigenvalue weighted by Crippen LogP contribution is -1.92. The van der Waals surface area contributed by atoms with Gasteiger partial charge < -0.3 is 4.42 Å². The first kappa shape index (κ1) is 13.2. The first-order valence-corrected chi connectivity index (χ1v) is 6.26. The van der Waals surface area contributed by atoms with Gasteiger partial charge in [0.25, 0.3) is 16.8 Å². The van der Waals surface area contributed by atoms with Crippen molar-refractivity contribution in [2.75, 3.05) is 5.75 Å². The standard InChI is InChI=1S/C11H9N3O4S/c1-7(15)6-19-11-13-12-10(18-11)8-4-2-3-5-9(8)14(16)17/h2-5H,6H2,1H3. The zero-order valence-corrected chi connectivity index (χ0v) is 10.7. The number of hydrogen-bond donors (Lipinski definition) is 0. The van der Waals surface area contributed by atoms with Crippen LogP contribution in [0.25, 0.3) is 11.5 Å². The third-order valence-corrected chi connectivity index (χ3v) is 3.10. The number of hydrogen-bond acceptors (Lipinski definition) is 7. The summed E-state index contributed by atoms with van der Waals surface area (Å²) in [7, 11) is 0. The maximum absolute atomic E-state index is 10.9. The molecule has 0 saturated heterocycles. The number of carbonyl (C=O) groups excluding carboxylic acids is 1. The quantitative estimate of drug-likeness (QED) is 0.470. The molecule has 0 N–H and O–H groups in total. The number of ketones is 1.